The van der Waals surface area contributed by atoms with Gasteiger partial charge in [0.15, 0.2) is 0 Å². The van der Waals surface area contributed by atoms with Gasteiger partial charge in [-0.25, -0.2) is 9.18 Å². The van der Waals surface area contributed by atoms with E-state index in [0.717, 1.165) is 0 Å². The number of rotatable bonds is 7. The molecule has 0 aliphatic rings. The Hall–Kier alpha value is -3.74. The van der Waals surface area contributed by atoms with Crippen molar-refractivity contribution in [2.75, 3.05) is 24.3 Å². The number of benzene rings is 2. The van der Waals surface area contributed by atoms with E-state index in [1.165, 1.54) is 25.4 Å². The Kier molecular flexibility index (Phi) is 6.52. The van der Waals surface area contributed by atoms with E-state index in [0.29, 0.717) is 35.5 Å². The molecule has 29 heavy (non-hydrogen) atoms. The van der Waals surface area contributed by atoms with E-state index >= 15 is 0 Å². The molecule has 0 fully saturated rings. The van der Waals surface area contributed by atoms with Gasteiger partial charge in [0.2, 0.25) is 0 Å². The summed E-state index contributed by atoms with van der Waals surface area (Å²) in [5, 5.41) is 5.87. The third-order valence-electron chi connectivity index (χ3n) is 4.22. The Morgan fingerprint density at radius 3 is 2.66 bits per heavy atom. The van der Waals surface area contributed by atoms with Crippen LogP contribution < -0.4 is 10.6 Å². The van der Waals surface area contributed by atoms with Crippen molar-refractivity contribution in [2.45, 2.75) is 6.42 Å². The maximum Gasteiger partial charge on any atom is 0.337 e. The molecule has 0 unspecified atom stereocenters. The molecule has 0 aliphatic carbocycles. The van der Waals surface area contributed by atoms with Crippen molar-refractivity contribution in [3.63, 3.8) is 0 Å². The second-order valence-electron chi connectivity index (χ2n) is 6.22. The predicted octanol–water partition coefficient (Wildman–Crippen LogP) is 3.91. The van der Waals surface area contributed by atoms with Crippen molar-refractivity contribution in [3.05, 3.63) is 89.5 Å². The molecule has 3 rings (SSSR count). The predicted molar refractivity (Wildman–Crippen MR) is 109 cm³/mol. The molecule has 1 amide bonds. The van der Waals surface area contributed by atoms with Crippen molar-refractivity contribution >= 4 is 23.3 Å². The van der Waals surface area contributed by atoms with Gasteiger partial charge in [-0.2, -0.15) is 0 Å². The van der Waals surface area contributed by atoms with Gasteiger partial charge in [-0.3, -0.25) is 9.78 Å². The van der Waals surface area contributed by atoms with Crippen LogP contribution in [-0.4, -0.2) is 30.5 Å². The molecule has 7 heteroatoms. The first-order chi connectivity index (χ1) is 14.1. The number of aromatic nitrogens is 1. The zero-order chi connectivity index (χ0) is 20.6. The van der Waals surface area contributed by atoms with E-state index in [-0.39, 0.29) is 11.5 Å². The second kappa shape index (κ2) is 9.45. The van der Waals surface area contributed by atoms with Crippen LogP contribution in [0.25, 0.3) is 0 Å². The number of pyridine rings is 1. The lowest BCUT2D eigenvalue weighted by Crippen LogP contribution is -2.15. The summed E-state index contributed by atoms with van der Waals surface area (Å²) in [6.45, 7) is 0.507. The van der Waals surface area contributed by atoms with E-state index in [1.807, 2.05) is 0 Å². The topological polar surface area (TPSA) is 80.3 Å². The number of nitrogens with one attached hydrogen (secondary N) is 2. The lowest BCUT2D eigenvalue weighted by molar-refractivity contribution is 0.0600. The largest absolute Gasteiger partial charge is 0.465 e. The number of hydrogen-bond acceptors (Lipinski definition) is 5. The average molecular weight is 393 g/mol. The number of ether oxygens (including phenoxy) is 1. The second-order valence-corrected chi connectivity index (χ2v) is 6.22. The normalized spacial score (nSPS) is 10.3. The monoisotopic (exact) mass is 393 g/mol. The molecule has 0 saturated carbocycles. The van der Waals surface area contributed by atoms with Gasteiger partial charge in [-0.15, -0.1) is 0 Å². The third-order valence-corrected chi connectivity index (χ3v) is 4.22. The highest BCUT2D eigenvalue weighted by atomic mass is 19.1. The lowest BCUT2D eigenvalue weighted by atomic mass is 10.1. The summed E-state index contributed by atoms with van der Waals surface area (Å²) in [5.41, 5.74) is 2.33. The fourth-order valence-electron chi connectivity index (χ4n) is 2.74. The summed E-state index contributed by atoms with van der Waals surface area (Å²) < 4.78 is 18.4. The Labute approximate surface area is 167 Å². The van der Waals surface area contributed by atoms with Crippen LogP contribution >= 0.6 is 0 Å². The minimum absolute atomic E-state index is 0.212. The molecule has 0 spiro atoms. The van der Waals surface area contributed by atoms with Gasteiger partial charge in [-0.1, -0.05) is 24.3 Å². The van der Waals surface area contributed by atoms with Crippen LogP contribution in [0, 0.1) is 5.82 Å². The number of esters is 1. The van der Waals surface area contributed by atoms with Crippen molar-refractivity contribution < 1.29 is 18.7 Å². The molecule has 1 aromatic heterocycles. The van der Waals surface area contributed by atoms with Crippen LogP contribution in [0.4, 0.5) is 15.8 Å². The molecule has 1 heterocycles. The van der Waals surface area contributed by atoms with Crippen LogP contribution in [-0.2, 0) is 11.2 Å². The van der Waals surface area contributed by atoms with E-state index in [4.69, 9.17) is 0 Å². The summed E-state index contributed by atoms with van der Waals surface area (Å²) in [7, 11) is 1.29. The van der Waals surface area contributed by atoms with Crippen molar-refractivity contribution in [1.29, 1.82) is 0 Å². The van der Waals surface area contributed by atoms with Crippen LogP contribution in [0.5, 0.6) is 0 Å². The maximum atomic E-state index is 13.7. The van der Waals surface area contributed by atoms with Crippen molar-refractivity contribution in [3.8, 4) is 0 Å². The number of halogens is 1. The molecule has 0 radical (unpaired) electrons. The molecule has 3 aromatic rings. The number of amides is 1. The molecule has 0 atom stereocenters. The fraction of sp³-hybridized carbons (Fsp3) is 0.136. The zero-order valence-electron chi connectivity index (χ0n) is 15.8. The lowest BCUT2D eigenvalue weighted by Gasteiger charge is -2.09. The Balaban J connectivity index is 1.62. The minimum atomic E-state index is -0.486. The van der Waals surface area contributed by atoms with Gasteiger partial charge in [0.1, 0.15) is 11.5 Å². The highest BCUT2D eigenvalue weighted by Crippen LogP contribution is 2.15. The van der Waals surface area contributed by atoms with E-state index in [9.17, 15) is 14.0 Å². The fourth-order valence-corrected chi connectivity index (χ4v) is 2.74. The molecule has 0 saturated heterocycles. The minimum Gasteiger partial charge on any atom is -0.465 e. The Bertz CT molecular complexity index is 1020. The molecule has 2 aromatic carbocycles. The van der Waals surface area contributed by atoms with E-state index in [2.05, 4.69) is 20.4 Å². The Morgan fingerprint density at radius 2 is 1.86 bits per heavy atom. The third kappa shape index (κ3) is 5.38. The van der Waals surface area contributed by atoms with E-state index < -0.39 is 11.9 Å². The standard InChI is InChI=1S/C22H20FN3O3/c1-29-22(28)16-6-4-7-18(13-16)26-21(27)20-14-17(10-12-25-20)24-11-9-15-5-2-3-8-19(15)23/h2-8,10,12-14H,9,11H2,1H3,(H,24,25)(H,26,27). The number of nitrogens with zero attached hydrogens (tertiary/aromatic N) is 1. The van der Waals surface area contributed by atoms with Gasteiger partial charge in [0.25, 0.3) is 5.91 Å². The number of carbonyl (C=O) groups excluding carboxylic acids is 2. The highest BCUT2D eigenvalue weighted by Gasteiger charge is 2.11. The molecule has 2 N–H and O–H groups in total. The SMILES string of the molecule is COC(=O)c1cccc(NC(=O)c2cc(NCCc3ccccc3F)ccn2)c1. The number of hydrogen-bond donors (Lipinski definition) is 2. The first kappa shape index (κ1) is 20.0. The smallest absolute Gasteiger partial charge is 0.337 e. The molecule has 6 nitrogen and oxygen atoms in total. The van der Waals surface area contributed by atoms with Gasteiger partial charge in [0.05, 0.1) is 12.7 Å². The molecular formula is C22H20FN3O3. The van der Waals surface area contributed by atoms with Gasteiger partial charge in [0, 0.05) is 24.1 Å². The summed E-state index contributed by atoms with van der Waals surface area (Å²) in [5.74, 6) is -1.14. The number of methoxy groups -OCH3 is 1. The van der Waals surface area contributed by atoms with Crippen LogP contribution in [0.3, 0.4) is 0 Å². The molecule has 148 valence electrons. The van der Waals surface area contributed by atoms with Crippen molar-refractivity contribution in [1.82, 2.24) is 4.98 Å². The van der Waals surface area contributed by atoms with E-state index in [1.54, 1.807) is 48.5 Å². The van der Waals surface area contributed by atoms with Crippen molar-refractivity contribution in [2.24, 2.45) is 0 Å². The highest BCUT2D eigenvalue weighted by molar-refractivity contribution is 6.04. The van der Waals surface area contributed by atoms with Gasteiger partial charge in [-0.05, 0) is 48.4 Å². The van der Waals surface area contributed by atoms with Gasteiger partial charge >= 0.3 is 5.97 Å². The number of anilines is 2. The zero-order valence-corrected chi connectivity index (χ0v) is 15.8. The average Bonchev–Trinajstić information content (AvgIpc) is 2.75. The summed E-state index contributed by atoms with van der Waals surface area (Å²) in [6.07, 6.45) is 2.03. The van der Waals surface area contributed by atoms with Crippen LogP contribution in [0.15, 0.2) is 66.9 Å². The first-order valence-corrected chi connectivity index (χ1v) is 9.00. The summed E-state index contributed by atoms with van der Waals surface area (Å²) >= 11 is 0. The molecule has 0 bridgehead atoms. The first-order valence-electron chi connectivity index (χ1n) is 9.00. The van der Waals surface area contributed by atoms with Crippen LogP contribution in [0.2, 0.25) is 0 Å². The number of carbonyl (C=O) groups is 2. The molecule has 0 aliphatic heterocycles. The summed E-state index contributed by atoms with van der Waals surface area (Å²) in [4.78, 5) is 28.2. The van der Waals surface area contributed by atoms with Crippen LogP contribution in [0.1, 0.15) is 26.4 Å². The Morgan fingerprint density at radius 1 is 1.03 bits per heavy atom. The maximum absolute atomic E-state index is 13.7. The van der Waals surface area contributed by atoms with Gasteiger partial charge < -0.3 is 15.4 Å². The summed E-state index contributed by atoms with van der Waals surface area (Å²) in [6, 6.07) is 16.4. The quantitative estimate of drug-likeness (QED) is 0.595. The molecular weight excluding hydrogens is 373 g/mol.